The highest BCUT2D eigenvalue weighted by molar-refractivity contribution is 6.33. The van der Waals surface area contributed by atoms with Crippen molar-refractivity contribution in [3.63, 3.8) is 0 Å². The molecule has 3 aromatic rings. The SMILES string of the molecule is NC[C@@H]1C[C@@H](O)CN1c1nc(Nc2ccc(C(=O)CC(=O)Nc3ccccc3Cl)cc2)nc(N2C[C@H](N)C[C@H](N)C2)n1. The van der Waals surface area contributed by atoms with Crippen LogP contribution in [-0.4, -0.2) is 82.2 Å². The van der Waals surface area contributed by atoms with Crippen LogP contribution in [0.3, 0.4) is 0 Å². The van der Waals surface area contributed by atoms with E-state index in [1.807, 2.05) is 9.80 Å². The average Bonchev–Trinajstić information content (AvgIpc) is 3.34. The van der Waals surface area contributed by atoms with Gasteiger partial charge in [0.2, 0.25) is 23.8 Å². The lowest BCUT2D eigenvalue weighted by molar-refractivity contribution is -0.115. The molecule has 4 atom stereocenters. The molecular formula is C28H35ClN10O3. The van der Waals surface area contributed by atoms with Crippen LogP contribution in [0.25, 0.3) is 0 Å². The normalized spacial score (nSPS) is 22.2. The summed E-state index contributed by atoms with van der Waals surface area (Å²) >= 11 is 6.09. The van der Waals surface area contributed by atoms with Crippen molar-refractivity contribution in [1.29, 1.82) is 0 Å². The van der Waals surface area contributed by atoms with E-state index < -0.39 is 12.0 Å². The Kier molecular flexibility index (Phi) is 9.14. The van der Waals surface area contributed by atoms with Gasteiger partial charge in [0, 0.05) is 55.6 Å². The highest BCUT2D eigenvalue weighted by Gasteiger charge is 2.33. The highest BCUT2D eigenvalue weighted by Crippen LogP contribution is 2.27. The minimum absolute atomic E-state index is 0.116. The molecule has 5 rings (SSSR count). The van der Waals surface area contributed by atoms with E-state index in [4.69, 9.17) is 33.8 Å². The maximum absolute atomic E-state index is 12.7. The number of aromatic nitrogens is 3. The van der Waals surface area contributed by atoms with Crippen LogP contribution in [0.5, 0.6) is 0 Å². The van der Waals surface area contributed by atoms with Gasteiger partial charge in [0.1, 0.15) is 0 Å². The van der Waals surface area contributed by atoms with Gasteiger partial charge in [-0.15, -0.1) is 0 Å². The van der Waals surface area contributed by atoms with Gasteiger partial charge in [-0.3, -0.25) is 9.59 Å². The highest BCUT2D eigenvalue weighted by atomic mass is 35.5. The number of ketones is 1. The van der Waals surface area contributed by atoms with Gasteiger partial charge in [0.05, 0.1) is 23.2 Å². The average molecular weight is 595 g/mol. The van der Waals surface area contributed by atoms with E-state index in [0.29, 0.717) is 72.9 Å². The van der Waals surface area contributed by atoms with Gasteiger partial charge in [-0.25, -0.2) is 0 Å². The zero-order chi connectivity index (χ0) is 29.8. The maximum atomic E-state index is 12.7. The van der Waals surface area contributed by atoms with E-state index in [-0.39, 0.29) is 36.3 Å². The lowest BCUT2D eigenvalue weighted by atomic mass is 10.0. The molecule has 13 nitrogen and oxygen atoms in total. The lowest BCUT2D eigenvalue weighted by Gasteiger charge is -2.35. The molecule has 0 spiro atoms. The first kappa shape index (κ1) is 29.6. The van der Waals surface area contributed by atoms with E-state index in [0.717, 1.165) is 0 Å². The van der Waals surface area contributed by atoms with E-state index >= 15 is 0 Å². The van der Waals surface area contributed by atoms with E-state index in [1.165, 1.54) is 0 Å². The zero-order valence-electron chi connectivity index (χ0n) is 23.0. The molecule has 0 saturated carbocycles. The first-order valence-corrected chi connectivity index (χ1v) is 14.2. The summed E-state index contributed by atoms with van der Waals surface area (Å²) in [6.45, 7) is 1.78. The van der Waals surface area contributed by atoms with Crippen molar-refractivity contribution >= 4 is 52.5 Å². The zero-order valence-corrected chi connectivity index (χ0v) is 23.7. The molecule has 1 aromatic heterocycles. The second-order valence-corrected chi connectivity index (χ2v) is 11.1. The van der Waals surface area contributed by atoms with Crippen LogP contribution in [0.1, 0.15) is 29.6 Å². The quantitative estimate of drug-likeness (QED) is 0.153. The van der Waals surface area contributed by atoms with Gasteiger partial charge < -0.3 is 42.7 Å². The number of rotatable bonds is 9. The monoisotopic (exact) mass is 594 g/mol. The molecule has 2 saturated heterocycles. The first-order chi connectivity index (χ1) is 20.2. The molecule has 14 heteroatoms. The van der Waals surface area contributed by atoms with Crippen molar-refractivity contribution in [2.24, 2.45) is 17.2 Å². The van der Waals surface area contributed by atoms with E-state index in [2.05, 4.69) is 20.6 Å². The molecule has 3 heterocycles. The van der Waals surface area contributed by atoms with Crippen LogP contribution in [-0.2, 0) is 4.79 Å². The van der Waals surface area contributed by atoms with Gasteiger partial charge in [0.25, 0.3) is 0 Å². The number of nitrogens with two attached hydrogens (primary N) is 3. The number of carbonyl (C=O) groups excluding carboxylic acids is 2. The number of nitrogens with one attached hydrogen (secondary N) is 2. The number of β-amino-alcohol motifs (C(OH)–C–C–N with tert-alkyl or cyclic N) is 1. The minimum Gasteiger partial charge on any atom is -0.391 e. The molecule has 9 N–H and O–H groups in total. The second-order valence-electron chi connectivity index (χ2n) is 10.7. The Morgan fingerprint density at radius 1 is 0.952 bits per heavy atom. The van der Waals surface area contributed by atoms with Gasteiger partial charge in [-0.1, -0.05) is 23.7 Å². The third-order valence-electron chi connectivity index (χ3n) is 7.26. The van der Waals surface area contributed by atoms with Crippen molar-refractivity contribution in [2.75, 3.05) is 46.6 Å². The standard InChI is InChI=1S/C28H35ClN10O3/c29-22-3-1-2-4-23(22)34-25(42)11-24(41)16-5-7-19(8-6-16)33-26-35-27(38-13-17(31)9-18(32)14-38)37-28(36-26)39-15-21(40)10-20(39)12-30/h1-8,17-18,20-21,40H,9-15,30-32H2,(H,34,42)(H,33,35,36,37)/t17-,18+,20-,21+/m0/s1. The van der Waals surface area contributed by atoms with Crippen LogP contribution in [0.2, 0.25) is 5.02 Å². The number of anilines is 5. The summed E-state index contributed by atoms with van der Waals surface area (Å²) in [7, 11) is 0. The van der Waals surface area contributed by atoms with Gasteiger partial charge >= 0.3 is 0 Å². The molecule has 0 bridgehead atoms. The summed E-state index contributed by atoms with van der Waals surface area (Å²) < 4.78 is 0. The van der Waals surface area contributed by atoms with Crippen molar-refractivity contribution in [2.45, 2.75) is 43.5 Å². The summed E-state index contributed by atoms with van der Waals surface area (Å²) in [5.74, 6) is 0.285. The Bertz CT molecular complexity index is 1420. The van der Waals surface area contributed by atoms with Crippen molar-refractivity contribution in [3.05, 3.63) is 59.1 Å². The minimum atomic E-state index is -0.538. The van der Waals surface area contributed by atoms with Crippen molar-refractivity contribution in [1.82, 2.24) is 15.0 Å². The molecule has 0 aliphatic carbocycles. The predicted octanol–water partition coefficient (Wildman–Crippen LogP) is 1.24. The first-order valence-electron chi connectivity index (χ1n) is 13.8. The molecule has 42 heavy (non-hydrogen) atoms. The number of benzene rings is 2. The summed E-state index contributed by atoms with van der Waals surface area (Å²) in [6.07, 6.45) is 0.358. The molecule has 0 unspecified atom stereocenters. The number of aliphatic hydroxyl groups excluding tert-OH is 1. The molecule has 2 aliphatic heterocycles. The molecule has 2 aromatic carbocycles. The predicted molar refractivity (Wildman–Crippen MR) is 162 cm³/mol. The Hall–Kier alpha value is -3.88. The molecule has 0 radical (unpaired) electrons. The smallest absolute Gasteiger partial charge is 0.233 e. The number of halogens is 1. The van der Waals surface area contributed by atoms with Crippen LogP contribution < -0.4 is 37.6 Å². The number of nitrogens with zero attached hydrogens (tertiary/aromatic N) is 5. The summed E-state index contributed by atoms with van der Waals surface area (Å²) in [5, 5.41) is 16.5. The topological polar surface area (TPSA) is 202 Å². The molecule has 222 valence electrons. The van der Waals surface area contributed by atoms with E-state index in [9.17, 15) is 14.7 Å². The van der Waals surface area contributed by atoms with Crippen molar-refractivity contribution < 1.29 is 14.7 Å². The Labute approximate surface area is 248 Å². The van der Waals surface area contributed by atoms with Crippen LogP contribution in [0.15, 0.2) is 48.5 Å². The molecule has 2 aliphatic rings. The number of hydrogen-bond acceptors (Lipinski definition) is 12. The Balaban J connectivity index is 1.32. The fraction of sp³-hybridized carbons (Fsp3) is 0.393. The van der Waals surface area contributed by atoms with Gasteiger partial charge in [-0.05, 0) is 49.2 Å². The molecule has 2 fully saturated rings. The second kappa shape index (κ2) is 13.0. The molecular weight excluding hydrogens is 560 g/mol. The number of aliphatic hydroxyl groups is 1. The number of Topliss-reactive ketones (excluding diaryl/α,β-unsaturated/α-hetero) is 1. The maximum Gasteiger partial charge on any atom is 0.233 e. The summed E-state index contributed by atoms with van der Waals surface area (Å²) in [6, 6.07) is 13.1. The van der Waals surface area contributed by atoms with E-state index in [1.54, 1.807) is 48.5 Å². The largest absolute Gasteiger partial charge is 0.391 e. The van der Waals surface area contributed by atoms with Crippen LogP contribution in [0, 0.1) is 0 Å². The number of para-hydroxylation sites is 1. The van der Waals surface area contributed by atoms with Gasteiger partial charge in [0.15, 0.2) is 5.78 Å². The lowest BCUT2D eigenvalue weighted by Crippen LogP contribution is -2.53. The molecule has 1 amide bonds. The number of amides is 1. The number of piperidine rings is 1. The fourth-order valence-electron chi connectivity index (χ4n) is 5.26. The third kappa shape index (κ3) is 7.12. The van der Waals surface area contributed by atoms with Gasteiger partial charge in [-0.2, -0.15) is 15.0 Å². The fourth-order valence-corrected chi connectivity index (χ4v) is 5.44. The van der Waals surface area contributed by atoms with Crippen LogP contribution in [0.4, 0.5) is 29.2 Å². The number of hydrogen-bond donors (Lipinski definition) is 6. The number of carbonyl (C=O) groups is 2. The Morgan fingerprint density at radius 2 is 1.64 bits per heavy atom. The third-order valence-corrected chi connectivity index (χ3v) is 7.59. The Morgan fingerprint density at radius 3 is 2.33 bits per heavy atom. The van der Waals surface area contributed by atoms with Crippen LogP contribution >= 0.6 is 11.6 Å². The van der Waals surface area contributed by atoms with Crippen molar-refractivity contribution in [3.8, 4) is 0 Å². The summed E-state index contributed by atoms with van der Waals surface area (Å²) in [5.41, 5.74) is 19.9. The summed E-state index contributed by atoms with van der Waals surface area (Å²) in [4.78, 5) is 42.9.